The molecule has 0 bridgehead atoms. The lowest BCUT2D eigenvalue weighted by Gasteiger charge is -2.12. The molecule has 76 valence electrons. The minimum absolute atomic E-state index is 0.0283. The average Bonchev–Trinajstić information content (AvgIpc) is 2.53. The molecule has 3 nitrogen and oxygen atoms in total. The van der Waals surface area contributed by atoms with Gasteiger partial charge in [-0.3, -0.25) is 4.79 Å². The van der Waals surface area contributed by atoms with Gasteiger partial charge in [-0.1, -0.05) is 12.8 Å². The molecule has 1 amide bonds. The Morgan fingerprint density at radius 1 is 1.46 bits per heavy atom. The Kier molecular flexibility index (Phi) is 4.22. The second-order valence-electron chi connectivity index (χ2n) is 3.91. The van der Waals surface area contributed by atoms with Crippen molar-refractivity contribution in [3.63, 3.8) is 0 Å². The SMILES string of the molecule is CC(C)OCC(=O)NC1CCCC1. The van der Waals surface area contributed by atoms with Crippen molar-refractivity contribution < 1.29 is 9.53 Å². The van der Waals surface area contributed by atoms with Crippen LogP contribution in [-0.2, 0) is 9.53 Å². The number of amides is 1. The highest BCUT2D eigenvalue weighted by molar-refractivity contribution is 5.77. The van der Waals surface area contributed by atoms with E-state index in [1.807, 2.05) is 13.8 Å². The smallest absolute Gasteiger partial charge is 0.246 e. The topological polar surface area (TPSA) is 38.3 Å². The van der Waals surface area contributed by atoms with Crippen molar-refractivity contribution in [1.82, 2.24) is 5.32 Å². The van der Waals surface area contributed by atoms with Gasteiger partial charge in [0.25, 0.3) is 0 Å². The normalized spacial score (nSPS) is 18.1. The van der Waals surface area contributed by atoms with E-state index in [9.17, 15) is 4.79 Å². The van der Waals surface area contributed by atoms with Crippen molar-refractivity contribution in [3.8, 4) is 0 Å². The molecule has 1 rings (SSSR count). The van der Waals surface area contributed by atoms with Crippen molar-refractivity contribution in [2.45, 2.75) is 51.7 Å². The summed E-state index contributed by atoms with van der Waals surface area (Å²) in [5.41, 5.74) is 0. The monoisotopic (exact) mass is 185 g/mol. The average molecular weight is 185 g/mol. The fourth-order valence-electron chi connectivity index (χ4n) is 1.58. The summed E-state index contributed by atoms with van der Waals surface area (Å²) in [7, 11) is 0. The van der Waals surface area contributed by atoms with Crippen LogP contribution < -0.4 is 5.32 Å². The number of ether oxygens (including phenoxy) is 1. The lowest BCUT2D eigenvalue weighted by molar-refractivity contribution is -0.127. The number of carbonyl (C=O) groups excluding carboxylic acids is 1. The van der Waals surface area contributed by atoms with Gasteiger partial charge >= 0.3 is 0 Å². The Bertz CT molecular complexity index is 162. The zero-order valence-electron chi connectivity index (χ0n) is 8.51. The molecule has 13 heavy (non-hydrogen) atoms. The summed E-state index contributed by atoms with van der Waals surface area (Å²) in [6, 6.07) is 0.406. The Hall–Kier alpha value is -0.570. The van der Waals surface area contributed by atoms with Crippen molar-refractivity contribution in [2.75, 3.05) is 6.61 Å². The number of nitrogens with one attached hydrogen (secondary N) is 1. The fourth-order valence-corrected chi connectivity index (χ4v) is 1.58. The lowest BCUT2D eigenvalue weighted by Crippen LogP contribution is -2.35. The van der Waals surface area contributed by atoms with Gasteiger partial charge in [0.15, 0.2) is 0 Å². The molecule has 0 unspecified atom stereocenters. The largest absolute Gasteiger partial charge is 0.369 e. The minimum atomic E-state index is 0.0283. The van der Waals surface area contributed by atoms with Gasteiger partial charge in [0.1, 0.15) is 6.61 Å². The van der Waals surface area contributed by atoms with Crippen LogP contribution in [0.15, 0.2) is 0 Å². The van der Waals surface area contributed by atoms with Crippen molar-refractivity contribution in [3.05, 3.63) is 0 Å². The van der Waals surface area contributed by atoms with Crippen LogP contribution in [0.4, 0.5) is 0 Å². The number of rotatable bonds is 4. The molecular formula is C10H19NO2. The molecule has 3 heteroatoms. The van der Waals surface area contributed by atoms with Crippen LogP contribution in [0, 0.1) is 0 Å². The molecule has 0 spiro atoms. The molecule has 0 saturated heterocycles. The van der Waals surface area contributed by atoms with E-state index < -0.39 is 0 Å². The minimum Gasteiger partial charge on any atom is -0.369 e. The number of carbonyl (C=O) groups is 1. The Morgan fingerprint density at radius 3 is 2.62 bits per heavy atom. The van der Waals surface area contributed by atoms with Crippen LogP contribution in [0.25, 0.3) is 0 Å². The lowest BCUT2D eigenvalue weighted by atomic mass is 10.2. The van der Waals surface area contributed by atoms with Crippen LogP contribution in [-0.4, -0.2) is 24.7 Å². The highest BCUT2D eigenvalue weighted by Gasteiger charge is 2.16. The van der Waals surface area contributed by atoms with Crippen molar-refractivity contribution in [1.29, 1.82) is 0 Å². The third-order valence-electron chi connectivity index (χ3n) is 2.27. The van der Waals surface area contributed by atoms with E-state index in [0.29, 0.717) is 6.04 Å². The maximum absolute atomic E-state index is 11.3. The molecule has 0 aromatic rings. The summed E-state index contributed by atoms with van der Waals surface area (Å²) >= 11 is 0. The van der Waals surface area contributed by atoms with E-state index in [4.69, 9.17) is 4.74 Å². The highest BCUT2D eigenvalue weighted by atomic mass is 16.5. The zero-order chi connectivity index (χ0) is 9.68. The molecule has 0 aromatic heterocycles. The van der Waals surface area contributed by atoms with E-state index >= 15 is 0 Å². The molecule has 1 aliphatic rings. The van der Waals surface area contributed by atoms with Gasteiger partial charge in [-0.15, -0.1) is 0 Å². The van der Waals surface area contributed by atoms with Gasteiger partial charge in [0, 0.05) is 6.04 Å². The molecular weight excluding hydrogens is 166 g/mol. The molecule has 1 N–H and O–H groups in total. The highest BCUT2D eigenvalue weighted by Crippen LogP contribution is 2.17. The Labute approximate surface area is 79.8 Å². The molecule has 1 fully saturated rings. The van der Waals surface area contributed by atoms with E-state index in [0.717, 1.165) is 12.8 Å². The molecule has 0 radical (unpaired) electrons. The summed E-state index contributed by atoms with van der Waals surface area (Å²) in [5, 5.41) is 2.97. The Balaban J connectivity index is 2.09. The first-order valence-electron chi connectivity index (χ1n) is 5.09. The molecule has 1 aliphatic carbocycles. The maximum atomic E-state index is 11.3. The summed E-state index contributed by atoms with van der Waals surface area (Å²) < 4.78 is 5.20. The van der Waals surface area contributed by atoms with Gasteiger partial charge in [0.05, 0.1) is 6.10 Å². The van der Waals surface area contributed by atoms with Gasteiger partial charge in [-0.25, -0.2) is 0 Å². The van der Waals surface area contributed by atoms with Crippen molar-refractivity contribution in [2.24, 2.45) is 0 Å². The standard InChI is InChI=1S/C10H19NO2/c1-8(2)13-7-10(12)11-9-5-3-4-6-9/h8-9H,3-7H2,1-2H3,(H,11,12). The quantitative estimate of drug-likeness (QED) is 0.720. The first-order valence-corrected chi connectivity index (χ1v) is 5.09. The third kappa shape index (κ3) is 4.27. The second-order valence-corrected chi connectivity index (χ2v) is 3.91. The van der Waals surface area contributed by atoms with Crippen LogP contribution in [0.5, 0.6) is 0 Å². The molecule has 0 aromatic carbocycles. The molecule has 0 atom stereocenters. The third-order valence-corrected chi connectivity index (χ3v) is 2.27. The predicted octanol–water partition coefficient (Wildman–Crippen LogP) is 1.47. The van der Waals surface area contributed by atoms with Crippen LogP contribution in [0.2, 0.25) is 0 Å². The maximum Gasteiger partial charge on any atom is 0.246 e. The predicted molar refractivity (Wildman–Crippen MR) is 51.5 cm³/mol. The van der Waals surface area contributed by atoms with E-state index in [1.165, 1.54) is 12.8 Å². The molecule has 0 heterocycles. The van der Waals surface area contributed by atoms with E-state index in [1.54, 1.807) is 0 Å². The number of hydrogen-bond donors (Lipinski definition) is 1. The van der Waals surface area contributed by atoms with Gasteiger partial charge in [0.2, 0.25) is 5.91 Å². The van der Waals surface area contributed by atoms with Gasteiger partial charge < -0.3 is 10.1 Å². The summed E-state index contributed by atoms with van der Waals surface area (Å²) in [6.07, 6.45) is 4.89. The molecule has 1 saturated carbocycles. The molecule has 0 aliphatic heterocycles. The van der Waals surface area contributed by atoms with E-state index in [2.05, 4.69) is 5.32 Å². The van der Waals surface area contributed by atoms with Crippen LogP contribution in [0.1, 0.15) is 39.5 Å². The summed E-state index contributed by atoms with van der Waals surface area (Å²) in [4.78, 5) is 11.3. The van der Waals surface area contributed by atoms with E-state index in [-0.39, 0.29) is 18.6 Å². The van der Waals surface area contributed by atoms with Gasteiger partial charge in [-0.2, -0.15) is 0 Å². The fraction of sp³-hybridized carbons (Fsp3) is 0.900. The van der Waals surface area contributed by atoms with Gasteiger partial charge in [-0.05, 0) is 26.7 Å². The Morgan fingerprint density at radius 2 is 2.08 bits per heavy atom. The summed E-state index contributed by atoms with van der Waals surface area (Å²) in [5.74, 6) is 0.0283. The second kappa shape index (κ2) is 5.22. The summed E-state index contributed by atoms with van der Waals surface area (Å²) in [6.45, 7) is 4.07. The first kappa shape index (κ1) is 10.5. The van der Waals surface area contributed by atoms with Crippen LogP contribution >= 0.6 is 0 Å². The number of hydrogen-bond acceptors (Lipinski definition) is 2. The zero-order valence-corrected chi connectivity index (χ0v) is 8.51. The van der Waals surface area contributed by atoms with Crippen LogP contribution in [0.3, 0.4) is 0 Å². The van der Waals surface area contributed by atoms with Crippen molar-refractivity contribution >= 4 is 5.91 Å². The first-order chi connectivity index (χ1) is 6.18.